The molecule has 2 aromatic carbocycles. The number of hydrogen-bond donors (Lipinski definition) is 0. The normalized spacial score (nSPS) is 10.7. The Balaban J connectivity index is 2.13. The van der Waals surface area contributed by atoms with E-state index >= 15 is 0 Å². The minimum atomic E-state index is -0.509. The topological polar surface area (TPSA) is 61.6 Å². The van der Waals surface area contributed by atoms with Gasteiger partial charge in [0.2, 0.25) is 6.20 Å². The number of nitro groups is 1. The molecule has 0 amide bonds. The van der Waals surface area contributed by atoms with Crippen LogP contribution in [0.5, 0.6) is 11.5 Å². The van der Waals surface area contributed by atoms with Gasteiger partial charge in [0.05, 0.1) is 11.5 Å². The summed E-state index contributed by atoms with van der Waals surface area (Å²) in [6, 6.07) is 12.6. The molecule has 0 unspecified atom stereocenters. The van der Waals surface area contributed by atoms with E-state index in [9.17, 15) is 10.1 Å². The highest BCUT2D eigenvalue weighted by molar-refractivity contribution is 6.30. The predicted molar refractivity (Wildman–Crippen MR) is 89.4 cm³/mol. The van der Waals surface area contributed by atoms with Crippen molar-refractivity contribution in [2.45, 2.75) is 13.5 Å². The molecule has 0 N–H and O–H groups in total. The van der Waals surface area contributed by atoms with Crippen LogP contribution in [0, 0.1) is 10.1 Å². The van der Waals surface area contributed by atoms with Gasteiger partial charge < -0.3 is 9.47 Å². The third kappa shape index (κ3) is 5.30. The summed E-state index contributed by atoms with van der Waals surface area (Å²) in [7, 11) is 0. The molecular weight excluding hydrogens is 318 g/mol. The van der Waals surface area contributed by atoms with Gasteiger partial charge in [-0.05, 0) is 42.3 Å². The van der Waals surface area contributed by atoms with E-state index in [1.807, 2.05) is 19.1 Å². The highest BCUT2D eigenvalue weighted by Crippen LogP contribution is 2.30. The number of nitrogens with zero attached hydrogens (tertiary/aromatic N) is 1. The highest BCUT2D eigenvalue weighted by atomic mass is 35.5. The summed E-state index contributed by atoms with van der Waals surface area (Å²) in [6.45, 7) is 2.71. The molecule has 5 nitrogen and oxygen atoms in total. The maximum Gasteiger partial charge on any atom is 0.235 e. The van der Waals surface area contributed by atoms with Gasteiger partial charge in [0.25, 0.3) is 0 Å². The van der Waals surface area contributed by atoms with E-state index in [0.29, 0.717) is 35.3 Å². The number of rotatable bonds is 7. The molecule has 0 radical (unpaired) electrons. The lowest BCUT2D eigenvalue weighted by molar-refractivity contribution is -0.400. The Labute approximate surface area is 139 Å². The minimum absolute atomic E-state index is 0.376. The van der Waals surface area contributed by atoms with E-state index in [4.69, 9.17) is 21.1 Å². The third-order valence-electron chi connectivity index (χ3n) is 2.96. The fourth-order valence-electron chi connectivity index (χ4n) is 1.90. The molecule has 0 aromatic heterocycles. The standard InChI is InChI=1S/C17H16ClNO4/c1-2-22-17-11-13(9-10-19(20)21)5-8-16(17)23-12-14-3-6-15(18)7-4-14/h3-11H,2,12H2,1H3. The average Bonchev–Trinajstić information content (AvgIpc) is 2.54. The summed E-state index contributed by atoms with van der Waals surface area (Å²) in [5.41, 5.74) is 1.65. The zero-order valence-electron chi connectivity index (χ0n) is 12.6. The molecule has 0 saturated heterocycles. The molecule has 0 fully saturated rings. The van der Waals surface area contributed by atoms with Gasteiger partial charge in [0, 0.05) is 11.1 Å². The molecule has 0 spiro atoms. The average molecular weight is 334 g/mol. The summed E-state index contributed by atoms with van der Waals surface area (Å²) in [4.78, 5) is 9.88. The number of benzene rings is 2. The van der Waals surface area contributed by atoms with Gasteiger partial charge in [-0.25, -0.2) is 0 Å². The maximum absolute atomic E-state index is 10.4. The van der Waals surface area contributed by atoms with Crippen LogP contribution in [0.3, 0.4) is 0 Å². The lowest BCUT2D eigenvalue weighted by atomic mass is 10.2. The van der Waals surface area contributed by atoms with E-state index in [1.54, 1.807) is 30.3 Å². The molecule has 0 aliphatic carbocycles. The van der Waals surface area contributed by atoms with Crippen LogP contribution in [0.1, 0.15) is 18.1 Å². The van der Waals surface area contributed by atoms with Crippen molar-refractivity contribution >= 4 is 17.7 Å². The zero-order chi connectivity index (χ0) is 16.7. The van der Waals surface area contributed by atoms with Crippen molar-refractivity contribution in [3.8, 4) is 11.5 Å². The van der Waals surface area contributed by atoms with Gasteiger partial charge in [0.1, 0.15) is 6.61 Å². The quantitative estimate of drug-likeness (QED) is 0.550. The van der Waals surface area contributed by atoms with Gasteiger partial charge in [-0.1, -0.05) is 29.8 Å². The van der Waals surface area contributed by atoms with Crippen LogP contribution < -0.4 is 9.47 Å². The third-order valence-corrected chi connectivity index (χ3v) is 3.22. The van der Waals surface area contributed by atoms with E-state index in [1.165, 1.54) is 6.08 Å². The van der Waals surface area contributed by atoms with E-state index in [0.717, 1.165) is 11.8 Å². The molecular formula is C17H16ClNO4. The lowest BCUT2D eigenvalue weighted by Crippen LogP contribution is -2.00. The molecule has 0 saturated carbocycles. The number of hydrogen-bond acceptors (Lipinski definition) is 4. The summed E-state index contributed by atoms with van der Waals surface area (Å²) >= 11 is 5.85. The van der Waals surface area contributed by atoms with Gasteiger partial charge in [0.15, 0.2) is 11.5 Å². The van der Waals surface area contributed by atoms with Gasteiger partial charge in [-0.2, -0.15) is 0 Å². The molecule has 23 heavy (non-hydrogen) atoms. The Morgan fingerprint density at radius 3 is 2.52 bits per heavy atom. The van der Waals surface area contributed by atoms with Crippen LogP contribution in [-0.4, -0.2) is 11.5 Å². The van der Waals surface area contributed by atoms with Crippen molar-refractivity contribution in [2.24, 2.45) is 0 Å². The summed E-state index contributed by atoms with van der Waals surface area (Å²) < 4.78 is 11.3. The Morgan fingerprint density at radius 2 is 1.87 bits per heavy atom. The van der Waals surface area contributed by atoms with Crippen LogP contribution >= 0.6 is 11.6 Å². The van der Waals surface area contributed by atoms with Crippen molar-refractivity contribution in [1.82, 2.24) is 0 Å². The summed E-state index contributed by atoms with van der Waals surface area (Å²) in [5.74, 6) is 1.13. The first-order chi connectivity index (χ1) is 11.1. The molecule has 2 rings (SSSR count). The fraction of sp³-hybridized carbons (Fsp3) is 0.176. The van der Waals surface area contributed by atoms with Crippen molar-refractivity contribution in [3.05, 3.63) is 74.9 Å². The Hall–Kier alpha value is -2.53. The van der Waals surface area contributed by atoms with Crippen LogP contribution in [0.25, 0.3) is 6.08 Å². The lowest BCUT2D eigenvalue weighted by Gasteiger charge is -2.12. The Bertz CT molecular complexity index is 698. The van der Waals surface area contributed by atoms with Crippen LogP contribution in [0.15, 0.2) is 48.7 Å². The summed E-state index contributed by atoms with van der Waals surface area (Å²) in [5, 5.41) is 11.1. The van der Waals surface area contributed by atoms with Crippen LogP contribution in [-0.2, 0) is 6.61 Å². The maximum atomic E-state index is 10.4. The number of ether oxygens (including phenoxy) is 2. The molecule has 0 bridgehead atoms. The smallest absolute Gasteiger partial charge is 0.235 e. The first-order valence-corrected chi connectivity index (χ1v) is 7.42. The van der Waals surface area contributed by atoms with E-state index in [2.05, 4.69) is 0 Å². The van der Waals surface area contributed by atoms with Crippen LogP contribution in [0.4, 0.5) is 0 Å². The van der Waals surface area contributed by atoms with Gasteiger partial charge >= 0.3 is 0 Å². The second-order valence-corrected chi connectivity index (χ2v) is 5.09. The van der Waals surface area contributed by atoms with Gasteiger partial charge in [-0.3, -0.25) is 10.1 Å². The van der Waals surface area contributed by atoms with Crippen LogP contribution in [0.2, 0.25) is 5.02 Å². The van der Waals surface area contributed by atoms with Gasteiger partial charge in [-0.15, -0.1) is 0 Å². The second kappa shape index (κ2) is 8.19. The molecule has 0 aliphatic heterocycles. The van der Waals surface area contributed by atoms with E-state index < -0.39 is 4.92 Å². The first-order valence-electron chi connectivity index (χ1n) is 7.04. The zero-order valence-corrected chi connectivity index (χ0v) is 13.3. The predicted octanol–water partition coefficient (Wildman–Crippen LogP) is 4.57. The molecule has 120 valence electrons. The monoisotopic (exact) mass is 333 g/mol. The minimum Gasteiger partial charge on any atom is -0.490 e. The highest BCUT2D eigenvalue weighted by Gasteiger charge is 2.07. The second-order valence-electron chi connectivity index (χ2n) is 4.66. The molecule has 6 heteroatoms. The van der Waals surface area contributed by atoms with Crippen molar-refractivity contribution in [1.29, 1.82) is 0 Å². The van der Waals surface area contributed by atoms with Crippen molar-refractivity contribution in [2.75, 3.05) is 6.61 Å². The fourth-order valence-corrected chi connectivity index (χ4v) is 2.03. The largest absolute Gasteiger partial charge is 0.490 e. The molecule has 0 aliphatic rings. The molecule has 2 aromatic rings. The molecule has 0 heterocycles. The SMILES string of the molecule is CCOc1cc(C=C[N+](=O)[O-])ccc1OCc1ccc(Cl)cc1. The Kier molecular flexibility index (Phi) is 6.00. The van der Waals surface area contributed by atoms with Crippen molar-refractivity contribution in [3.63, 3.8) is 0 Å². The first kappa shape index (κ1) is 16.8. The van der Waals surface area contributed by atoms with E-state index in [-0.39, 0.29) is 0 Å². The van der Waals surface area contributed by atoms with Crippen molar-refractivity contribution < 1.29 is 14.4 Å². The Morgan fingerprint density at radius 1 is 1.13 bits per heavy atom. The number of halogens is 1. The summed E-state index contributed by atoms with van der Waals surface area (Å²) in [6.07, 6.45) is 2.30. The molecule has 0 atom stereocenters.